The number of halogens is 1. The fourth-order valence-electron chi connectivity index (χ4n) is 3.83. The van der Waals surface area contributed by atoms with Crippen molar-refractivity contribution in [3.63, 3.8) is 0 Å². The molecule has 156 valence electrons. The summed E-state index contributed by atoms with van der Waals surface area (Å²) in [4.78, 5) is 28.0. The first kappa shape index (κ1) is 19.7. The second kappa shape index (κ2) is 8.13. The fraction of sp³-hybridized carbons (Fsp3) is 0.217. The second-order valence-electron chi connectivity index (χ2n) is 7.34. The van der Waals surface area contributed by atoms with Gasteiger partial charge in [-0.15, -0.1) is 11.3 Å². The molecule has 1 aliphatic heterocycles. The Hall–Kier alpha value is -3.23. The van der Waals surface area contributed by atoms with Crippen LogP contribution in [0.3, 0.4) is 0 Å². The van der Waals surface area contributed by atoms with Crippen LogP contribution in [0, 0.1) is 12.7 Å². The summed E-state index contributed by atoms with van der Waals surface area (Å²) in [5.74, 6) is -0.646. The zero-order chi connectivity index (χ0) is 21.4. The number of anilines is 1. The molecular weight excluding hydrogens is 415 g/mol. The van der Waals surface area contributed by atoms with E-state index in [9.17, 15) is 4.79 Å². The zero-order valence-electron chi connectivity index (χ0n) is 16.8. The van der Waals surface area contributed by atoms with Gasteiger partial charge in [-0.3, -0.25) is 4.79 Å². The number of ether oxygens (including phenoxy) is 1. The minimum Gasteiger partial charge on any atom is -0.378 e. The minimum atomic E-state index is -0.426. The van der Waals surface area contributed by atoms with Gasteiger partial charge in [0.2, 0.25) is 5.78 Å². The topological polar surface area (TPSA) is 68.2 Å². The number of aromatic nitrogens is 3. The summed E-state index contributed by atoms with van der Waals surface area (Å²) in [7, 11) is 0. The van der Waals surface area contributed by atoms with Gasteiger partial charge in [-0.05, 0) is 42.8 Å². The maximum absolute atomic E-state index is 15.0. The highest BCUT2D eigenvalue weighted by atomic mass is 32.1. The van der Waals surface area contributed by atoms with E-state index in [1.54, 1.807) is 24.6 Å². The summed E-state index contributed by atoms with van der Waals surface area (Å²) >= 11 is 1.26. The standard InChI is InChI=1S/C23H19FN4O2S/c1-14-10-19(24)18(12-17(14)22(29)23-25-4-9-31-23)21-16-3-2-15(11-20(16)26-13-27-21)28-5-7-30-8-6-28/h2-4,9-13H,5-8H2,1H3. The number of benzene rings is 2. The number of fused-ring (bicyclic) bond motifs is 1. The average molecular weight is 434 g/mol. The summed E-state index contributed by atoms with van der Waals surface area (Å²) in [5.41, 5.74) is 3.49. The van der Waals surface area contributed by atoms with Gasteiger partial charge in [0.05, 0.1) is 24.4 Å². The van der Waals surface area contributed by atoms with Crippen molar-refractivity contribution in [3.8, 4) is 11.3 Å². The van der Waals surface area contributed by atoms with Crippen molar-refractivity contribution in [3.05, 3.63) is 70.2 Å². The number of carbonyl (C=O) groups excluding carboxylic acids is 1. The molecule has 0 amide bonds. The summed E-state index contributed by atoms with van der Waals surface area (Å²) in [6, 6.07) is 8.85. The number of rotatable bonds is 4. The monoisotopic (exact) mass is 434 g/mol. The molecule has 0 N–H and O–H groups in total. The van der Waals surface area contributed by atoms with Crippen LogP contribution in [0.15, 0.2) is 48.2 Å². The molecule has 5 rings (SSSR count). The molecule has 2 aromatic heterocycles. The third-order valence-corrected chi connectivity index (χ3v) is 6.21. The van der Waals surface area contributed by atoms with Gasteiger partial charge >= 0.3 is 0 Å². The van der Waals surface area contributed by atoms with Crippen molar-refractivity contribution in [2.45, 2.75) is 6.92 Å². The average Bonchev–Trinajstić information content (AvgIpc) is 3.34. The highest BCUT2D eigenvalue weighted by Gasteiger charge is 2.20. The third kappa shape index (κ3) is 3.68. The smallest absolute Gasteiger partial charge is 0.221 e. The van der Waals surface area contributed by atoms with Crippen LogP contribution >= 0.6 is 11.3 Å². The number of nitrogens with zero attached hydrogens (tertiary/aromatic N) is 4. The van der Waals surface area contributed by atoms with Crippen molar-refractivity contribution >= 4 is 33.7 Å². The van der Waals surface area contributed by atoms with E-state index in [-0.39, 0.29) is 11.3 Å². The quantitative estimate of drug-likeness (QED) is 0.447. The Morgan fingerprint density at radius 1 is 1.13 bits per heavy atom. The van der Waals surface area contributed by atoms with Gasteiger partial charge in [0, 0.05) is 46.9 Å². The van der Waals surface area contributed by atoms with Crippen LogP contribution in [0.25, 0.3) is 22.2 Å². The zero-order valence-corrected chi connectivity index (χ0v) is 17.7. The molecule has 31 heavy (non-hydrogen) atoms. The summed E-state index contributed by atoms with van der Waals surface area (Å²) < 4.78 is 20.4. The molecule has 4 aromatic rings. The molecule has 3 heterocycles. The van der Waals surface area contributed by atoms with Crippen LogP contribution in [0.4, 0.5) is 10.1 Å². The van der Waals surface area contributed by atoms with Crippen molar-refractivity contribution in [1.82, 2.24) is 15.0 Å². The van der Waals surface area contributed by atoms with Crippen LogP contribution in [0.2, 0.25) is 0 Å². The summed E-state index contributed by atoms with van der Waals surface area (Å²) in [5, 5.41) is 2.86. The molecule has 0 unspecified atom stereocenters. The van der Waals surface area contributed by atoms with E-state index in [2.05, 4.69) is 19.9 Å². The van der Waals surface area contributed by atoms with Crippen molar-refractivity contribution < 1.29 is 13.9 Å². The highest BCUT2D eigenvalue weighted by molar-refractivity contribution is 7.11. The van der Waals surface area contributed by atoms with Crippen LogP contribution < -0.4 is 4.90 Å². The molecule has 0 spiro atoms. The first-order valence-corrected chi connectivity index (χ1v) is 10.8. The van der Waals surface area contributed by atoms with Gasteiger partial charge in [0.25, 0.3) is 0 Å². The van der Waals surface area contributed by atoms with E-state index in [1.165, 1.54) is 23.7 Å². The lowest BCUT2D eigenvalue weighted by atomic mass is 9.97. The lowest BCUT2D eigenvalue weighted by molar-refractivity contribution is 0.103. The number of thiazole rings is 1. The maximum Gasteiger partial charge on any atom is 0.221 e. The molecule has 0 atom stereocenters. The minimum absolute atomic E-state index is 0.221. The van der Waals surface area contributed by atoms with Gasteiger partial charge in [0.1, 0.15) is 12.1 Å². The van der Waals surface area contributed by atoms with Gasteiger partial charge in [0.15, 0.2) is 5.01 Å². The van der Waals surface area contributed by atoms with E-state index in [4.69, 9.17) is 4.74 Å². The number of morpholine rings is 1. The molecular formula is C23H19FN4O2S. The number of carbonyl (C=O) groups is 1. The Kier molecular flexibility index (Phi) is 5.17. The van der Waals surface area contributed by atoms with Crippen LogP contribution in [-0.2, 0) is 4.74 Å². The van der Waals surface area contributed by atoms with Gasteiger partial charge in [-0.2, -0.15) is 0 Å². The first-order chi connectivity index (χ1) is 15.1. The SMILES string of the molecule is Cc1cc(F)c(-c2ncnc3cc(N4CCOCC4)ccc23)cc1C(=O)c1nccs1. The molecule has 2 aromatic carbocycles. The van der Waals surface area contributed by atoms with Crippen LogP contribution in [-0.4, -0.2) is 47.0 Å². The number of aryl methyl sites for hydroxylation is 1. The Morgan fingerprint density at radius 2 is 1.97 bits per heavy atom. The molecule has 0 saturated carbocycles. The van der Waals surface area contributed by atoms with Crippen molar-refractivity contribution in [2.24, 2.45) is 0 Å². The summed E-state index contributed by atoms with van der Waals surface area (Å²) in [6.45, 7) is 4.74. The van der Waals surface area contributed by atoms with Crippen LogP contribution in [0.5, 0.6) is 0 Å². The molecule has 0 bridgehead atoms. The Labute approximate surface area is 182 Å². The highest BCUT2D eigenvalue weighted by Crippen LogP contribution is 2.32. The molecule has 0 aliphatic carbocycles. The van der Waals surface area contributed by atoms with E-state index in [1.807, 2.05) is 18.2 Å². The molecule has 1 aliphatic rings. The molecule has 1 saturated heterocycles. The normalized spacial score (nSPS) is 14.2. The van der Waals surface area contributed by atoms with Crippen molar-refractivity contribution in [2.75, 3.05) is 31.2 Å². The number of hydrogen-bond donors (Lipinski definition) is 0. The Bertz CT molecular complexity index is 1270. The Balaban J connectivity index is 1.60. The predicted molar refractivity (Wildman–Crippen MR) is 118 cm³/mol. The molecule has 8 heteroatoms. The van der Waals surface area contributed by atoms with Gasteiger partial charge < -0.3 is 9.64 Å². The maximum atomic E-state index is 15.0. The van der Waals surface area contributed by atoms with Crippen molar-refractivity contribution in [1.29, 1.82) is 0 Å². The molecule has 0 radical (unpaired) electrons. The van der Waals surface area contributed by atoms with Gasteiger partial charge in [-0.1, -0.05) is 0 Å². The fourth-order valence-corrected chi connectivity index (χ4v) is 4.42. The number of hydrogen-bond acceptors (Lipinski definition) is 7. The molecule has 6 nitrogen and oxygen atoms in total. The molecule has 1 fully saturated rings. The lowest BCUT2D eigenvalue weighted by Crippen LogP contribution is -2.36. The Morgan fingerprint density at radius 3 is 2.74 bits per heavy atom. The van der Waals surface area contributed by atoms with E-state index >= 15 is 4.39 Å². The first-order valence-electron chi connectivity index (χ1n) is 9.94. The second-order valence-corrected chi connectivity index (χ2v) is 8.23. The van der Waals surface area contributed by atoms with E-state index < -0.39 is 5.82 Å². The predicted octanol–water partition coefficient (Wildman–Crippen LogP) is 4.27. The van der Waals surface area contributed by atoms with E-state index in [0.717, 1.165) is 29.7 Å². The third-order valence-electron chi connectivity index (χ3n) is 5.44. The summed E-state index contributed by atoms with van der Waals surface area (Å²) in [6.07, 6.45) is 3.02. The van der Waals surface area contributed by atoms with Crippen LogP contribution in [0.1, 0.15) is 20.9 Å². The van der Waals surface area contributed by atoms with E-state index in [0.29, 0.717) is 35.0 Å². The lowest BCUT2D eigenvalue weighted by Gasteiger charge is -2.29. The number of ketones is 1. The van der Waals surface area contributed by atoms with Gasteiger partial charge in [-0.25, -0.2) is 19.3 Å². The largest absolute Gasteiger partial charge is 0.378 e.